The van der Waals surface area contributed by atoms with Crippen LogP contribution < -0.4 is 10.2 Å². The van der Waals surface area contributed by atoms with Crippen molar-refractivity contribution in [3.63, 3.8) is 0 Å². The first-order valence-electron chi connectivity index (χ1n) is 7.91. The van der Waals surface area contributed by atoms with Crippen molar-refractivity contribution < 1.29 is 14.7 Å². The summed E-state index contributed by atoms with van der Waals surface area (Å²) in [5, 5.41) is 13.0. The second-order valence-corrected chi connectivity index (χ2v) is 6.38. The predicted octanol–water partition coefficient (Wildman–Crippen LogP) is 1.52. The Morgan fingerprint density at radius 1 is 1.27 bits per heavy atom. The molecule has 1 saturated carbocycles. The Kier molecular flexibility index (Phi) is 3.91. The zero-order valence-corrected chi connectivity index (χ0v) is 12.8. The minimum absolute atomic E-state index is 0.0983. The van der Waals surface area contributed by atoms with E-state index in [0.717, 1.165) is 24.1 Å². The highest BCUT2D eigenvalue weighted by Gasteiger charge is 2.42. The summed E-state index contributed by atoms with van der Waals surface area (Å²) in [4.78, 5) is 26.4. The first-order chi connectivity index (χ1) is 10.5. The van der Waals surface area contributed by atoms with Crippen LogP contribution in [0.1, 0.15) is 37.7 Å². The molecule has 1 aliphatic heterocycles. The first kappa shape index (κ1) is 15.0. The summed E-state index contributed by atoms with van der Waals surface area (Å²) in [6.45, 7) is 2.59. The molecule has 5 heteroatoms. The zero-order valence-electron chi connectivity index (χ0n) is 12.8. The van der Waals surface area contributed by atoms with Gasteiger partial charge in [0.25, 0.3) is 5.91 Å². The van der Waals surface area contributed by atoms with Gasteiger partial charge in [0.05, 0.1) is 0 Å². The number of nitrogens with one attached hydrogen (secondary N) is 1. The molecule has 3 rings (SSSR count). The minimum Gasteiger partial charge on any atom is -0.380 e. The molecule has 1 heterocycles. The van der Waals surface area contributed by atoms with Crippen LogP contribution in [0.3, 0.4) is 0 Å². The van der Waals surface area contributed by atoms with Crippen molar-refractivity contribution >= 4 is 17.5 Å². The van der Waals surface area contributed by atoms with Gasteiger partial charge in [-0.15, -0.1) is 0 Å². The molecule has 1 aromatic carbocycles. The first-order valence-corrected chi connectivity index (χ1v) is 7.91. The summed E-state index contributed by atoms with van der Waals surface area (Å²) in [6.07, 6.45) is 3.27. The van der Waals surface area contributed by atoms with E-state index in [1.54, 1.807) is 4.90 Å². The van der Waals surface area contributed by atoms with Crippen LogP contribution in [-0.4, -0.2) is 35.1 Å². The number of rotatable bonds is 3. The average molecular weight is 302 g/mol. The maximum Gasteiger partial charge on any atom is 0.252 e. The molecule has 1 aliphatic carbocycles. The number of hydrogen-bond donors (Lipinski definition) is 2. The summed E-state index contributed by atoms with van der Waals surface area (Å²) in [6, 6.07) is 7.24. The summed E-state index contributed by atoms with van der Waals surface area (Å²) in [7, 11) is 0. The highest BCUT2D eigenvalue weighted by Crippen LogP contribution is 2.30. The number of nitrogens with zero attached hydrogens (tertiary/aromatic N) is 1. The third-order valence-corrected chi connectivity index (χ3v) is 4.71. The fourth-order valence-electron chi connectivity index (χ4n) is 3.27. The molecule has 2 N–H and O–H groups in total. The molecule has 118 valence electrons. The van der Waals surface area contributed by atoms with Crippen molar-refractivity contribution in [2.24, 2.45) is 0 Å². The maximum atomic E-state index is 12.5. The fraction of sp³-hybridized carbons (Fsp3) is 0.529. The van der Waals surface area contributed by atoms with Crippen LogP contribution in [0.5, 0.6) is 0 Å². The number of anilines is 1. The monoisotopic (exact) mass is 302 g/mol. The molecule has 1 saturated heterocycles. The number of hydrogen-bond acceptors (Lipinski definition) is 3. The van der Waals surface area contributed by atoms with Crippen molar-refractivity contribution in [2.45, 2.75) is 50.7 Å². The predicted molar refractivity (Wildman–Crippen MR) is 83.5 cm³/mol. The second kappa shape index (κ2) is 5.72. The summed E-state index contributed by atoms with van der Waals surface area (Å²) in [5.41, 5.74) is 0.716. The van der Waals surface area contributed by atoms with E-state index in [1.807, 2.05) is 31.2 Å². The molecule has 1 atom stereocenters. The van der Waals surface area contributed by atoms with Crippen LogP contribution in [0.25, 0.3) is 0 Å². The quantitative estimate of drug-likeness (QED) is 0.889. The van der Waals surface area contributed by atoms with Crippen molar-refractivity contribution in [3.05, 3.63) is 29.8 Å². The Morgan fingerprint density at radius 2 is 1.91 bits per heavy atom. The number of aryl methyl sites for hydroxylation is 1. The standard InChI is InChI=1S/C17H22N2O3/c1-12-4-6-13(7-5-12)19-11-8-14(15(19)20)18-16(21)17(22)9-2-3-10-17/h4-7,14,22H,2-3,8-11H2,1H3,(H,18,21). The van der Waals surface area contributed by atoms with Crippen molar-refractivity contribution in [2.75, 3.05) is 11.4 Å². The number of amides is 2. The molecule has 0 spiro atoms. The lowest BCUT2D eigenvalue weighted by atomic mass is 10.0. The number of carbonyl (C=O) groups excluding carboxylic acids is 2. The molecule has 1 aromatic rings. The summed E-state index contributed by atoms with van der Waals surface area (Å²) >= 11 is 0. The van der Waals surface area contributed by atoms with Gasteiger partial charge in [0.1, 0.15) is 11.6 Å². The zero-order chi connectivity index (χ0) is 15.7. The Hall–Kier alpha value is -1.88. The highest BCUT2D eigenvalue weighted by molar-refractivity contribution is 6.02. The molecule has 0 bridgehead atoms. The minimum atomic E-state index is -1.28. The number of benzene rings is 1. The molecular weight excluding hydrogens is 280 g/mol. The maximum absolute atomic E-state index is 12.5. The Morgan fingerprint density at radius 3 is 2.55 bits per heavy atom. The molecule has 22 heavy (non-hydrogen) atoms. The van der Waals surface area contributed by atoms with Gasteiger partial charge in [-0.3, -0.25) is 9.59 Å². The largest absolute Gasteiger partial charge is 0.380 e. The van der Waals surface area contributed by atoms with Crippen molar-refractivity contribution in [1.29, 1.82) is 0 Å². The van der Waals surface area contributed by atoms with Crippen LogP contribution in [0, 0.1) is 6.92 Å². The molecule has 0 radical (unpaired) electrons. The van der Waals surface area contributed by atoms with E-state index in [-0.39, 0.29) is 5.91 Å². The molecule has 2 amide bonds. The Balaban J connectivity index is 1.66. The van der Waals surface area contributed by atoms with Crippen molar-refractivity contribution in [3.8, 4) is 0 Å². The van der Waals surface area contributed by atoms with Gasteiger partial charge >= 0.3 is 0 Å². The van der Waals surface area contributed by atoms with E-state index in [4.69, 9.17) is 0 Å². The van der Waals surface area contributed by atoms with Gasteiger partial charge in [0.2, 0.25) is 5.91 Å². The van der Waals surface area contributed by atoms with Crippen LogP contribution >= 0.6 is 0 Å². The van der Waals surface area contributed by atoms with Gasteiger partial charge in [-0.1, -0.05) is 17.7 Å². The lowest BCUT2D eigenvalue weighted by Crippen LogP contribution is -2.51. The molecule has 0 aromatic heterocycles. The molecular formula is C17H22N2O3. The molecule has 2 fully saturated rings. The van der Waals surface area contributed by atoms with Crippen LogP contribution in [-0.2, 0) is 9.59 Å². The summed E-state index contributed by atoms with van der Waals surface area (Å²) < 4.78 is 0. The SMILES string of the molecule is Cc1ccc(N2CCC(NC(=O)C3(O)CCCC3)C2=O)cc1. The van der Waals surface area contributed by atoms with E-state index < -0.39 is 17.6 Å². The van der Waals surface area contributed by atoms with Gasteiger partial charge in [-0.25, -0.2) is 0 Å². The third kappa shape index (κ3) is 2.73. The third-order valence-electron chi connectivity index (χ3n) is 4.71. The van der Waals surface area contributed by atoms with E-state index >= 15 is 0 Å². The fourth-order valence-corrected chi connectivity index (χ4v) is 3.27. The average Bonchev–Trinajstić information content (AvgIpc) is 3.09. The van der Waals surface area contributed by atoms with Gasteiger partial charge in [-0.05, 0) is 51.2 Å². The smallest absolute Gasteiger partial charge is 0.252 e. The van der Waals surface area contributed by atoms with Crippen LogP contribution in [0.2, 0.25) is 0 Å². The van der Waals surface area contributed by atoms with Gasteiger partial charge < -0.3 is 15.3 Å². The van der Waals surface area contributed by atoms with Crippen LogP contribution in [0.15, 0.2) is 24.3 Å². The van der Waals surface area contributed by atoms with E-state index in [0.29, 0.717) is 25.8 Å². The van der Waals surface area contributed by atoms with Gasteiger partial charge in [0, 0.05) is 12.2 Å². The number of aliphatic hydroxyl groups is 1. The van der Waals surface area contributed by atoms with E-state index in [2.05, 4.69) is 5.32 Å². The Bertz CT molecular complexity index is 576. The van der Waals surface area contributed by atoms with Crippen molar-refractivity contribution in [1.82, 2.24) is 5.32 Å². The topological polar surface area (TPSA) is 69.6 Å². The van der Waals surface area contributed by atoms with E-state index in [1.165, 1.54) is 0 Å². The van der Waals surface area contributed by atoms with Gasteiger partial charge in [-0.2, -0.15) is 0 Å². The second-order valence-electron chi connectivity index (χ2n) is 6.38. The molecule has 5 nitrogen and oxygen atoms in total. The van der Waals surface area contributed by atoms with Crippen LogP contribution in [0.4, 0.5) is 5.69 Å². The summed E-state index contributed by atoms with van der Waals surface area (Å²) in [5.74, 6) is -0.493. The molecule has 1 unspecified atom stereocenters. The molecule has 2 aliphatic rings. The normalized spacial score (nSPS) is 23.8. The van der Waals surface area contributed by atoms with Gasteiger partial charge in [0.15, 0.2) is 0 Å². The number of carbonyl (C=O) groups is 2. The Labute approximate surface area is 130 Å². The highest BCUT2D eigenvalue weighted by atomic mass is 16.3. The van der Waals surface area contributed by atoms with E-state index in [9.17, 15) is 14.7 Å². The lowest BCUT2D eigenvalue weighted by Gasteiger charge is -2.23. The lowest BCUT2D eigenvalue weighted by molar-refractivity contribution is -0.141.